The SMILES string of the molecule is CCNC(=NCCCN(C)c1ccccc1F)NC1CCc2nc(COC)nn2C1.I. The maximum Gasteiger partial charge on any atom is 0.191 e. The Morgan fingerprint density at radius 3 is 2.94 bits per heavy atom. The fraction of sp³-hybridized carbons (Fsp3) is 0.571. The third-order valence-corrected chi connectivity index (χ3v) is 5.05. The quantitative estimate of drug-likeness (QED) is 0.218. The molecule has 3 rings (SSSR count). The predicted molar refractivity (Wildman–Crippen MR) is 132 cm³/mol. The molecule has 2 N–H and O–H groups in total. The van der Waals surface area contributed by atoms with Gasteiger partial charge in [0.2, 0.25) is 0 Å². The molecule has 172 valence electrons. The molecule has 2 heterocycles. The first-order valence-electron chi connectivity index (χ1n) is 10.5. The van der Waals surface area contributed by atoms with Crippen LogP contribution in [0.4, 0.5) is 10.1 Å². The van der Waals surface area contributed by atoms with E-state index in [1.165, 1.54) is 6.07 Å². The molecule has 2 aromatic rings. The van der Waals surface area contributed by atoms with Crippen LogP contribution in [-0.4, -0.2) is 60.6 Å². The lowest BCUT2D eigenvalue weighted by atomic mass is 10.1. The zero-order valence-corrected chi connectivity index (χ0v) is 20.8. The number of fused-ring (bicyclic) bond motifs is 1. The fourth-order valence-corrected chi connectivity index (χ4v) is 3.56. The maximum absolute atomic E-state index is 13.9. The van der Waals surface area contributed by atoms with Gasteiger partial charge in [0.25, 0.3) is 0 Å². The minimum atomic E-state index is -0.197. The van der Waals surface area contributed by atoms with Crippen LogP contribution in [0.25, 0.3) is 0 Å². The number of rotatable bonds is 9. The van der Waals surface area contributed by atoms with E-state index >= 15 is 0 Å². The van der Waals surface area contributed by atoms with Gasteiger partial charge in [0.05, 0.1) is 12.2 Å². The molecular formula is C21H33FIN7O. The van der Waals surface area contributed by atoms with Crippen LogP contribution in [0, 0.1) is 5.82 Å². The van der Waals surface area contributed by atoms with Crippen molar-refractivity contribution < 1.29 is 9.13 Å². The molecule has 0 fully saturated rings. The van der Waals surface area contributed by atoms with Crippen molar-refractivity contribution in [3.05, 3.63) is 41.7 Å². The van der Waals surface area contributed by atoms with Crippen molar-refractivity contribution in [2.45, 2.75) is 45.4 Å². The highest BCUT2D eigenvalue weighted by atomic mass is 127. The predicted octanol–water partition coefficient (Wildman–Crippen LogP) is 2.58. The van der Waals surface area contributed by atoms with Crippen LogP contribution in [0.1, 0.15) is 31.4 Å². The summed E-state index contributed by atoms with van der Waals surface area (Å²) in [5, 5.41) is 11.3. The first-order valence-corrected chi connectivity index (χ1v) is 10.5. The van der Waals surface area contributed by atoms with Gasteiger partial charge in [-0.2, -0.15) is 5.10 Å². The summed E-state index contributed by atoms with van der Waals surface area (Å²) < 4.78 is 21.0. The zero-order chi connectivity index (χ0) is 21.3. The van der Waals surface area contributed by atoms with Crippen molar-refractivity contribution in [1.82, 2.24) is 25.4 Å². The molecule has 8 nitrogen and oxygen atoms in total. The highest BCUT2D eigenvalue weighted by Gasteiger charge is 2.22. The number of aliphatic imine (C=N–C) groups is 1. The number of hydrogen-bond donors (Lipinski definition) is 2. The van der Waals surface area contributed by atoms with E-state index in [4.69, 9.17) is 9.73 Å². The van der Waals surface area contributed by atoms with E-state index in [-0.39, 0.29) is 35.8 Å². The lowest BCUT2D eigenvalue weighted by molar-refractivity contribution is 0.177. The summed E-state index contributed by atoms with van der Waals surface area (Å²) in [6, 6.07) is 7.08. The second kappa shape index (κ2) is 12.8. The molecule has 31 heavy (non-hydrogen) atoms. The van der Waals surface area contributed by atoms with Crippen LogP contribution in [0.15, 0.2) is 29.3 Å². The van der Waals surface area contributed by atoms with Gasteiger partial charge in [-0.3, -0.25) is 4.99 Å². The Balaban J connectivity index is 0.00000341. The molecular weight excluding hydrogens is 512 g/mol. The summed E-state index contributed by atoms with van der Waals surface area (Å²) in [6.45, 7) is 5.43. The number of guanidine groups is 1. The summed E-state index contributed by atoms with van der Waals surface area (Å²) >= 11 is 0. The number of nitrogens with zero attached hydrogens (tertiary/aromatic N) is 5. The van der Waals surface area contributed by atoms with Gasteiger partial charge in [-0.1, -0.05) is 12.1 Å². The first-order chi connectivity index (χ1) is 14.6. The smallest absolute Gasteiger partial charge is 0.191 e. The molecule has 10 heteroatoms. The first kappa shape index (κ1) is 25.3. The van der Waals surface area contributed by atoms with E-state index in [0.29, 0.717) is 18.8 Å². The van der Waals surface area contributed by atoms with Crippen LogP contribution in [-0.2, 0) is 24.3 Å². The lowest BCUT2D eigenvalue weighted by Crippen LogP contribution is -2.47. The average molecular weight is 545 g/mol. The van der Waals surface area contributed by atoms with Gasteiger partial charge in [-0.05, 0) is 31.9 Å². The number of benzene rings is 1. The van der Waals surface area contributed by atoms with E-state index in [9.17, 15) is 4.39 Å². The van der Waals surface area contributed by atoms with Crippen molar-refractivity contribution in [1.29, 1.82) is 0 Å². The highest BCUT2D eigenvalue weighted by Crippen LogP contribution is 2.17. The van der Waals surface area contributed by atoms with Gasteiger partial charge in [0.15, 0.2) is 11.8 Å². The molecule has 0 amide bonds. The molecule has 1 aromatic heterocycles. The number of nitrogens with one attached hydrogen (secondary N) is 2. The lowest BCUT2D eigenvalue weighted by Gasteiger charge is -2.25. The summed E-state index contributed by atoms with van der Waals surface area (Å²) in [6.07, 6.45) is 2.69. The van der Waals surface area contributed by atoms with Gasteiger partial charge in [0.1, 0.15) is 18.2 Å². The number of para-hydroxylation sites is 1. The van der Waals surface area contributed by atoms with Crippen LogP contribution in [0.5, 0.6) is 0 Å². The number of hydrogen-bond acceptors (Lipinski definition) is 5. The van der Waals surface area contributed by atoms with E-state index in [2.05, 4.69) is 27.6 Å². The van der Waals surface area contributed by atoms with E-state index in [1.807, 2.05) is 22.7 Å². The maximum atomic E-state index is 13.9. The Morgan fingerprint density at radius 1 is 1.39 bits per heavy atom. The fourth-order valence-electron chi connectivity index (χ4n) is 3.56. The van der Waals surface area contributed by atoms with E-state index in [1.54, 1.807) is 19.2 Å². The van der Waals surface area contributed by atoms with Gasteiger partial charge in [0, 0.05) is 46.3 Å². The third-order valence-electron chi connectivity index (χ3n) is 5.05. The molecule has 0 aliphatic carbocycles. The molecule has 1 unspecified atom stereocenters. The van der Waals surface area contributed by atoms with Gasteiger partial charge >= 0.3 is 0 Å². The monoisotopic (exact) mass is 545 g/mol. The number of aryl methyl sites for hydroxylation is 1. The Labute approximate surface area is 200 Å². The normalized spacial score (nSPS) is 15.7. The molecule has 0 bridgehead atoms. The Kier molecular flexibility index (Phi) is 10.4. The third kappa shape index (κ3) is 7.30. The number of methoxy groups -OCH3 is 1. The van der Waals surface area contributed by atoms with Crippen molar-refractivity contribution >= 4 is 35.6 Å². The Bertz CT molecular complexity index is 845. The summed E-state index contributed by atoms with van der Waals surface area (Å²) in [7, 11) is 3.55. The molecule has 0 spiro atoms. The number of ether oxygens (including phenoxy) is 1. The topological polar surface area (TPSA) is 79.6 Å². The minimum Gasteiger partial charge on any atom is -0.377 e. The molecule has 1 aliphatic rings. The molecule has 1 atom stereocenters. The standard InChI is InChI=1S/C21H32FN7O.HI/c1-4-23-21(24-12-7-13-28(2)18-9-6-5-8-17(18)22)25-16-10-11-20-26-19(15-30-3)27-29(20)14-16;/h5-6,8-9,16H,4,7,10-15H2,1-3H3,(H2,23,24,25);1H. The summed E-state index contributed by atoms with van der Waals surface area (Å²) in [5.74, 6) is 2.35. The molecule has 0 radical (unpaired) electrons. The van der Waals surface area contributed by atoms with Gasteiger partial charge in [-0.15, -0.1) is 24.0 Å². The second-order valence-electron chi connectivity index (χ2n) is 7.43. The second-order valence-corrected chi connectivity index (χ2v) is 7.43. The highest BCUT2D eigenvalue weighted by molar-refractivity contribution is 14.0. The zero-order valence-electron chi connectivity index (χ0n) is 18.5. The number of aromatic nitrogens is 3. The van der Waals surface area contributed by atoms with Crippen molar-refractivity contribution in [3.63, 3.8) is 0 Å². The molecule has 1 aliphatic heterocycles. The molecule has 0 saturated heterocycles. The van der Waals surface area contributed by atoms with Gasteiger partial charge in [-0.25, -0.2) is 14.1 Å². The Morgan fingerprint density at radius 2 is 2.19 bits per heavy atom. The van der Waals surface area contributed by atoms with Crippen LogP contribution in [0.3, 0.4) is 0 Å². The van der Waals surface area contributed by atoms with Crippen LogP contribution in [0.2, 0.25) is 0 Å². The van der Waals surface area contributed by atoms with E-state index < -0.39 is 0 Å². The van der Waals surface area contributed by atoms with Crippen LogP contribution >= 0.6 is 24.0 Å². The average Bonchev–Trinajstić information content (AvgIpc) is 3.13. The van der Waals surface area contributed by atoms with E-state index in [0.717, 1.165) is 56.5 Å². The number of anilines is 1. The van der Waals surface area contributed by atoms with Gasteiger partial charge < -0.3 is 20.3 Å². The number of halogens is 2. The largest absolute Gasteiger partial charge is 0.377 e. The van der Waals surface area contributed by atoms with Crippen molar-refractivity contribution in [2.75, 3.05) is 38.7 Å². The Hall–Kier alpha value is -1.95. The molecule has 1 aromatic carbocycles. The summed E-state index contributed by atoms with van der Waals surface area (Å²) in [4.78, 5) is 11.1. The minimum absolute atomic E-state index is 0. The summed E-state index contributed by atoms with van der Waals surface area (Å²) in [5.41, 5.74) is 0.616. The van der Waals surface area contributed by atoms with Crippen molar-refractivity contribution in [2.24, 2.45) is 4.99 Å². The van der Waals surface area contributed by atoms with Crippen LogP contribution < -0.4 is 15.5 Å². The molecule has 0 saturated carbocycles. The van der Waals surface area contributed by atoms with Crippen molar-refractivity contribution in [3.8, 4) is 0 Å².